The number of nitrogens with zero attached hydrogens (tertiary/aromatic N) is 1. The van der Waals surface area contributed by atoms with Gasteiger partial charge in [0.2, 0.25) is 0 Å². The van der Waals surface area contributed by atoms with Crippen LogP contribution in [0.2, 0.25) is 0 Å². The summed E-state index contributed by atoms with van der Waals surface area (Å²) in [6.45, 7) is 6.14. The van der Waals surface area contributed by atoms with Crippen molar-refractivity contribution in [2.75, 3.05) is 0 Å². The van der Waals surface area contributed by atoms with E-state index >= 15 is 0 Å². The lowest BCUT2D eigenvalue weighted by Gasteiger charge is -2.23. The molecule has 0 aliphatic heterocycles. The highest BCUT2D eigenvalue weighted by Gasteiger charge is 2.30. The van der Waals surface area contributed by atoms with Gasteiger partial charge in [0.25, 0.3) is 5.69 Å². The highest BCUT2D eigenvalue weighted by atomic mass is 19.1. The molecule has 0 aliphatic carbocycles. The van der Waals surface area contributed by atoms with Crippen LogP contribution in [0.5, 0.6) is 0 Å². The van der Waals surface area contributed by atoms with Gasteiger partial charge in [-0.05, 0) is 45.7 Å². The van der Waals surface area contributed by atoms with Crippen LogP contribution < -0.4 is 0 Å². The van der Waals surface area contributed by atoms with Crippen molar-refractivity contribution in [3.8, 4) is 0 Å². The summed E-state index contributed by atoms with van der Waals surface area (Å²) in [6.07, 6.45) is -0.280. The normalized spacial score (nSPS) is 12.6. The Kier molecular flexibility index (Phi) is 5.35. The van der Waals surface area contributed by atoms with E-state index in [1.807, 2.05) is 0 Å². The second-order valence-corrected chi connectivity index (χ2v) is 5.93. The fraction of sp³-hybridized carbons (Fsp3) is 0.467. The lowest BCUT2D eigenvalue weighted by molar-refractivity contribution is -0.385. The zero-order valence-electron chi connectivity index (χ0n) is 12.9. The van der Waals surface area contributed by atoms with Crippen LogP contribution in [0.15, 0.2) is 18.2 Å². The van der Waals surface area contributed by atoms with E-state index in [2.05, 4.69) is 0 Å². The Labute approximate surface area is 127 Å². The Morgan fingerprint density at radius 3 is 2.41 bits per heavy atom. The molecule has 22 heavy (non-hydrogen) atoms. The molecular weight excluding hydrogens is 293 g/mol. The van der Waals surface area contributed by atoms with Crippen LogP contribution in [-0.4, -0.2) is 22.3 Å². The number of nitro groups is 1. The molecule has 0 heterocycles. The maximum Gasteiger partial charge on any atom is 0.317 e. The van der Waals surface area contributed by atoms with Gasteiger partial charge in [-0.25, -0.2) is 4.39 Å². The number of ether oxygens (including phenoxy) is 1. The number of rotatable bonds is 5. The molecule has 0 amide bonds. The highest BCUT2D eigenvalue weighted by molar-refractivity contribution is 5.98. The van der Waals surface area contributed by atoms with Crippen molar-refractivity contribution in [1.29, 1.82) is 0 Å². The third-order valence-corrected chi connectivity index (χ3v) is 2.85. The Hall–Kier alpha value is -2.31. The first-order chi connectivity index (χ1) is 10.0. The van der Waals surface area contributed by atoms with Gasteiger partial charge in [0.1, 0.15) is 23.1 Å². The van der Waals surface area contributed by atoms with E-state index in [9.17, 15) is 24.1 Å². The number of carbonyl (C=O) groups is 2. The van der Waals surface area contributed by atoms with Crippen molar-refractivity contribution < 1.29 is 23.6 Å². The number of benzene rings is 1. The first-order valence-electron chi connectivity index (χ1n) is 6.67. The summed E-state index contributed by atoms with van der Waals surface area (Å²) in [5.74, 6) is -3.16. The summed E-state index contributed by atoms with van der Waals surface area (Å²) in [5, 5.41) is 10.7. The fourth-order valence-electron chi connectivity index (χ4n) is 1.82. The minimum absolute atomic E-state index is 0.0692. The maximum absolute atomic E-state index is 13.8. The summed E-state index contributed by atoms with van der Waals surface area (Å²) in [4.78, 5) is 33.7. The van der Waals surface area contributed by atoms with Gasteiger partial charge in [-0.3, -0.25) is 19.7 Å². The molecule has 1 aromatic rings. The average molecular weight is 311 g/mol. The minimum Gasteiger partial charge on any atom is -0.459 e. The Morgan fingerprint density at radius 1 is 1.36 bits per heavy atom. The van der Waals surface area contributed by atoms with Crippen LogP contribution in [0, 0.1) is 21.8 Å². The lowest BCUT2D eigenvalue weighted by atomic mass is 9.95. The monoisotopic (exact) mass is 311 g/mol. The van der Waals surface area contributed by atoms with Gasteiger partial charge in [-0.15, -0.1) is 0 Å². The SMILES string of the molecule is CC(=O)C(Cc1cc([N+](=O)[O-])ccc1F)C(=O)OC(C)(C)C. The fourth-order valence-corrected chi connectivity index (χ4v) is 1.82. The van der Waals surface area contributed by atoms with E-state index in [0.717, 1.165) is 18.2 Å². The van der Waals surface area contributed by atoms with Crippen LogP contribution in [0.4, 0.5) is 10.1 Å². The summed E-state index contributed by atoms with van der Waals surface area (Å²) in [6, 6.07) is 2.99. The minimum atomic E-state index is -1.20. The molecule has 7 heteroatoms. The number of halogens is 1. The van der Waals surface area contributed by atoms with Gasteiger partial charge < -0.3 is 4.74 Å². The van der Waals surface area contributed by atoms with E-state index in [1.165, 1.54) is 6.92 Å². The first-order valence-corrected chi connectivity index (χ1v) is 6.67. The second-order valence-electron chi connectivity index (χ2n) is 5.93. The smallest absolute Gasteiger partial charge is 0.317 e. The van der Waals surface area contributed by atoms with E-state index in [0.29, 0.717) is 0 Å². The number of non-ortho nitro benzene ring substituents is 1. The predicted octanol–water partition coefficient (Wildman–Crippen LogP) is 2.82. The van der Waals surface area contributed by atoms with Crippen molar-refractivity contribution in [2.45, 2.75) is 39.7 Å². The van der Waals surface area contributed by atoms with Crippen LogP contribution in [0.3, 0.4) is 0 Å². The third kappa shape index (κ3) is 4.91. The van der Waals surface area contributed by atoms with Crippen molar-refractivity contribution in [3.05, 3.63) is 39.7 Å². The Morgan fingerprint density at radius 2 is 1.95 bits per heavy atom. The predicted molar refractivity (Wildman–Crippen MR) is 76.8 cm³/mol. The molecule has 0 saturated heterocycles. The van der Waals surface area contributed by atoms with E-state index in [1.54, 1.807) is 20.8 Å². The largest absolute Gasteiger partial charge is 0.459 e. The summed E-state index contributed by atoms with van der Waals surface area (Å²) >= 11 is 0. The number of Topliss-reactive ketones (excluding diaryl/α,β-unsaturated/α-hetero) is 1. The van der Waals surface area contributed by atoms with E-state index in [4.69, 9.17) is 4.74 Å². The molecule has 6 nitrogen and oxygen atoms in total. The Bertz CT molecular complexity index is 606. The molecule has 120 valence electrons. The number of esters is 1. The molecule has 0 aliphatic rings. The van der Waals surface area contributed by atoms with Gasteiger partial charge in [0.15, 0.2) is 0 Å². The van der Waals surface area contributed by atoms with Crippen molar-refractivity contribution in [2.24, 2.45) is 5.92 Å². The van der Waals surface area contributed by atoms with Crippen molar-refractivity contribution in [3.63, 3.8) is 0 Å². The number of nitro benzene ring substituents is 1. The molecule has 0 aromatic heterocycles. The Balaban J connectivity index is 3.06. The molecule has 1 unspecified atom stereocenters. The van der Waals surface area contributed by atoms with Crippen molar-refractivity contribution in [1.82, 2.24) is 0 Å². The zero-order valence-corrected chi connectivity index (χ0v) is 12.9. The molecule has 0 radical (unpaired) electrons. The van der Waals surface area contributed by atoms with Gasteiger partial charge in [-0.2, -0.15) is 0 Å². The molecule has 0 saturated carbocycles. The third-order valence-electron chi connectivity index (χ3n) is 2.85. The standard InChI is InChI=1S/C15H18FNO5/c1-9(18)12(14(19)22-15(2,3)4)8-10-7-11(17(20)21)5-6-13(10)16/h5-7,12H,8H2,1-4H3. The topological polar surface area (TPSA) is 86.5 Å². The summed E-state index contributed by atoms with van der Waals surface area (Å²) in [5.41, 5.74) is -1.16. The van der Waals surface area contributed by atoms with Crippen LogP contribution in [-0.2, 0) is 20.7 Å². The molecule has 0 bridgehead atoms. The molecule has 0 spiro atoms. The summed E-state index contributed by atoms with van der Waals surface area (Å²) in [7, 11) is 0. The van der Waals surface area contributed by atoms with Crippen LogP contribution in [0.25, 0.3) is 0 Å². The molecule has 0 N–H and O–H groups in total. The van der Waals surface area contributed by atoms with Gasteiger partial charge in [0.05, 0.1) is 4.92 Å². The zero-order chi connectivity index (χ0) is 17.1. The number of ketones is 1. The molecule has 1 aromatic carbocycles. The number of carbonyl (C=O) groups excluding carboxylic acids is 2. The van der Waals surface area contributed by atoms with Gasteiger partial charge in [-0.1, -0.05) is 0 Å². The maximum atomic E-state index is 13.8. The van der Waals surface area contributed by atoms with E-state index < -0.39 is 34.0 Å². The number of hydrogen-bond donors (Lipinski definition) is 0. The van der Waals surface area contributed by atoms with Crippen LogP contribution in [0.1, 0.15) is 33.3 Å². The van der Waals surface area contributed by atoms with Crippen LogP contribution >= 0.6 is 0 Å². The first kappa shape index (κ1) is 17.7. The van der Waals surface area contributed by atoms with Gasteiger partial charge in [0, 0.05) is 12.1 Å². The van der Waals surface area contributed by atoms with E-state index in [-0.39, 0.29) is 17.7 Å². The highest BCUT2D eigenvalue weighted by Crippen LogP contribution is 2.22. The number of hydrogen-bond acceptors (Lipinski definition) is 5. The molecule has 1 atom stereocenters. The summed E-state index contributed by atoms with van der Waals surface area (Å²) < 4.78 is 18.9. The quantitative estimate of drug-likeness (QED) is 0.361. The molecular formula is C15H18FNO5. The van der Waals surface area contributed by atoms with Gasteiger partial charge >= 0.3 is 5.97 Å². The molecule has 1 rings (SSSR count). The lowest BCUT2D eigenvalue weighted by Crippen LogP contribution is -2.33. The molecule has 0 fully saturated rings. The average Bonchev–Trinajstić information content (AvgIpc) is 2.34. The second kappa shape index (κ2) is 6.64. The van der Waals surface area contributed by atoms with Crippen molar-refractivity contribution >= 4 is 17.4 Å².